The van der Waals surface area contributed by atoms with Crippen molar-refractivity contribution in [2.45, 2.75) is 0 Å². The van der Waals surface area contributed by atoms with Gasteiger partial charge in [-0.3, -0.25) is 4.79 Å². The molecule has 0 N–H and O–H groups in total. The van der Waals surface area contributed by atoms with E-state index in [2.05, 4.69) is 15.9 Å². The lowest BCUT2D eigenvalue weighted by Gasteiger charge is -2.12. The summed E-state index contributed by atoms with van der Waals surface area (Å²) < 4.78 is 0.817. The van der Waals surface area contributed by atoms with Crippen LogP contribution in [0.4, 0.5) is 0 Å². The highest BCUT2D eigenvalue weighted by Crippen LogP contribution is 2.33. The first-order valence-corrected chi connectivity index (χ1v) is 8.63. The molecule has 0 aliphatic heterocycles. The minimum atomic E-state index is 0.530. The lowest BCUT2D eigenvalue weighted by atomic mass is 10.0. The molecule has 4 aromatic rings. The fourth-order valence-electron chi connectivity index (χ4n) is 2.81. The topological polar surface area (TPSA) is 42.9 Å². The van der Waals surface area contributed by atoms with Gasteiger partial charge in [0, 0.05) is 21.2 Å². The zero-order valence-electron chi connectivity index (χ0n) is 13.2. The van der Waals surface area contributed by atoms with Gasteiger partial charge in [0.1, 0.15) is 11.0 Å². The van der Waals surface area contributed by atoms with Gasteiger partial charge in [-0.25, -0.2) is 9.97 Å². The molecular formula is C21H13BrN2O. The number of benzene rings is 3. The summed E-state index contributed by atoms with van der Waals surface area (Å²) in [5.41, 5.74) is 5.32. The number of nitrogens with zero attached hydrogens (tertiary/aromatic N) is 2. The number of rotatable bonds is 3. The van der Waals surface area contributed by atoms with Gasteiger partial charge in [-0.05, 0) is 28.1 Å². The smallest absolute Gasteiger partial charge is 0.152 e. The molecule has 120 valence electrons. The summed E-state index contributed by atoms with van der Waals surface area (Å²) in [6.07, 6.45) is 0.820. The molecule has 0 saturated heterocycles. The predicted molar refractivity (Wildman–Crippen MR) is 103 cm³/mol. The molecule has 0 atom stereocenters. The summed E-state index contributed by atoms with van der Waals surface area (Å²) in [5, 5.41) is 0. The molecule has 0 fully saturated rings. The normalized spacial score (nSPS) is 10.8. The van der Waals surface area contributed by atoms with Gasteiger partial charge in [-0.1, -0.05) is 60.7 Å². The molecule has 0 spiro atoms. The van der Waals surface area contributed by atoms with Gasteiger partial charge in [-0.2, -0.15) is 0 Å². The number of hydrogen-bond donors (Lipinski definition) is 0. The number of aldehydes is 1. The molecule has 3 aromatic carbocycles. The summed E-state index contributed by atoms with van der Waals surface area (Å²) in [6.45, 7) is 0. The molecule has 4 heteroatoms. The first kappa shape index (κ1) is 15.7. The second kappa shape index (κ2) is 6.57. The van der Waals surface area contributed by atoms with Crippen LogP contribution >= 0.6 is 15.9 Å². The van der Waals surface area contributed by atoms with Gasteiger partial charge in [0.05, 0.1) is 11.4 Å². The number of hydrogen-bond acceptors (Lipinski definition) is 3. The van der Waals surface area contributed by atoms with Crippen molar-refractivity contribution >= 4 is 33.2 Å². The molecule has 0 bridgehead atoms. The van der Waals surface area contributed by atoms with Crippen molar-refractivity contribution in [2.75, 3.05) is 0 Å². The summed E-state index contributed by atoms with van der Waals surface area (Å²) in [4.78, 5) is 21.1. The average molecular weight is 389 g/mol. The molecule has 0 amide bonds. The van der Waals surface area contributed by atoms with Crippen LogP contribution < -0.4 is 0 Å². The van der Waals surface area contributed by atoms with Crippen molar-refractivity contribution in [2.24, 2.45) is 0 Å². The minimum absolute atomic E-state index is 0.530. The molecule has 4 rings (SSSR count). The SMILES string of the molecule is O=Cc1ccc(Br)c2nc(-c3ccccc3)c(-c3ccccc3)nc12. The monoisotopic (exact) mass is 388 g/mol. The minimum Gasteiger partial charge on any atom is -0.298 e. The highest BCUT2D eigenvalue weighted by Gasteiger charge is 2.16. The van der Waals surface area contributed by atoms with Gasteiger partial charge in [0.2, 0.25) is 0 Å². The quantitative estimate of drug-likeness (QED) is 0.432. The molecule has 0 aliphatic rings. The van der Waals surface area contributed by atoms with Crippen molar-refractivity contribution in [3.05, 3.63) is 82.8 Å². The largest absolute Gasteiger partial charge is 0.298 e. The Balaban J connectivity index is 2.11. The molecule has 0 unspecified atom stereocenters. The summed E-state index contributed by atoms with van der Waals surface area (Å²) in [6, 6.07) is 23.5. The van der Waals surface area contributed by atoms with Crippen LogP contribution in [0.3, 0.4) is 0 Å². The van der Waals surface area contributed by atoms with Crippen LogP contribution in [0.2, 0.25) is 0 Å². The molecule has 3 nitrogen and oxygen atoms in total. The Labute approximate surface area is 153 Å². The van der Waals surface area contributed by atoms with Crippen molar-refractivity contribution in [3.8, 4) is 22.5 Å². The second-order valence-electron chi connectivity index (χ2n) is 5.60. The number of aromatic nitrogens is 2. The van der Waals surface area contributed by atoms with Crippen LogP contribution in [0.1, 0.15) is 10.4 Å². The Hall–Kier alpha value is -2.85. The summed E-state index contributed by atoms with van der Waals surface area (Å²) in [7, 11) is 0. The van der Waals surface area contributed by atoms with Crippen LogP contribution in [0.15, 0.2) is 77.3 Å². The van der Waals surface area contributed by atoms with E-state index in [1.165, 1.54) is 0 Å². The third kappa shape index (κ3) is 2.85. The van der Waals surface area contributed by atoms with Gasteiger partial charge < -0.3 is 0 Å². The lowest BCUT2D eigenvalue weighted by Crippen LogP contribution is -1.98. The third-order valence-corrected chi connectivity index (χ3v) is 4.67. The molecule has 0 aliphatic carbocycles. The van der Waals surface area contributed by atoms with Gasteiger partial charge in [0.15, 0.2) is 6.29 Å². The summed E-state index contributed by atoms with van der Waals surface area (Å²) >= 11 is 3.53. The van der Waals surface area contributed by atoms with Crippen LogP contribution in [-0.4, -0.2) is 16.3 Å². The highest BCUT2D eigenvalue weighted by atomic mass is 79.9. The number of carbonyl (C=O) groups is 1. The molecule has 0 saturated carbocycles. The van der Waals surface area contributed by atoms with Crippen molar-refractivity contribution in [1.82, 2.24) is 9.97 Å². The Bertz CT molecular complexity index is 1060. The van der Waals surface area contributed by atoms with E-state index in [9.17, 15) is 4.79 Å². The van der Waals surface area contributed by atoms with Crippen LogP contribution in [0, 0.1) is 0 Å². The first-order chi connectivity index (χ1) is 12.3. The number of halogens is 1. The maximum atomic E-state index is 11.5. The zero-order valence-corrected chi connectivity index (χ0v) is 14.8. The molecule has 25 heavy (non-hydrogen) atoms. The Morgan fingerprint density at radius 3 is 1.72 bits per heavy atom. The predicted octanol–water partition coefficient (Wildman–Crippen LogP) is 5.54. The molecule has 1 aromatic heterocycles. The fourth-order valence-corrected chi connectivity index (χ4v) is 3.22. The summed E-state index contributed by atoms with van der Waals surface area (Å²) in [5.74, 6) is 0. The molecule has 1 heterocycles. The zero-order chi connectivity index (χ0) is 17.2. The Morgan fingerprint density at radius 2 is 1.20 bits per heavy atom. The van der Waals surface area contributed by atoms with Gasteiger partial charge in [0.25, 0.3) is 0 Å². The third-order valence-electron chi connectivity index (χ3n) is 4.03. The Morgan fingerprint density at radius 1 is 0.680 bits per heavy atom. The number of fused-ring (bicyclic) bond motifs is 1. The van der Waals surface area contributed by atoms with E-state index in [-0.39, 0.29) is 0 Å². The Kier molecular flexibility index (Phi) is 4.12. The van der Waals surface area contributed by atoms with E-state index >= 15 is 0 Å². The van der Waals surface area contributed by atoms with Crippen molar-refractivity contribution < 1.29 is 4.79 Å². The maximum absolute atomic E-state index is 11.5. The first-order valence-electron chi connectivity index (χ1n) is 7.84. The van der Waals surface area contributed by atoms with Gasteiger partial charge >= 0.3 is 0 Å². The lowest BCUT2D eigenvalue weighted by molar-refractivity contribution is 0.112. The van der Waals surface area contributed by atoms with Crippen LogP contribution in [0.5, 0.6) is 0 Å². The van der Waals surface area contributed by atoms with Crippen molar-refractivity contribution in [1.29, 1.82) is 0 Å². The molecular weight excluding hydrogens is 376 g/mol. The number of carbonyl (C=O) groups excluding carboxylic acids is 1. The van der Waals surface area contributed by atoms with E-state index in [0.29, 0.717) is 16.6 Å². The fraction of sp³-hybridized carbons (Fsp3) is 0. The van der Waals surface area contributed by atoms with E-state index in [1.807, 2.05) is 66.7 Å². The van der Waals surface area contributed by atoms with E-state index in [4.69, 9.17) is 9.97 Å². The maximum Gasteiger partial charge on any atom is 0.152 e. The van der Waals surface area contributed by atoms with E-state index in [0.717, 1.165) is 33.3 Å². The standard InChI is InChI=1S/C21H13BrN2O/c22-17-12-11-16(13-25)20-21(17)24-19(15-9-5-2-6-10-15)18(23-20)14-7-3-1-4-8-14/h1-13H. The van der Waals surface area contributed by atoms with Gasteiger partial charge in [-0.15, -0.1) is 0 Å². The van der Waals surface area contributed by atoms with E-state index in [1.54, 1.807) is 6.07 Å². The second-order valence-corrected chi connectivity index (χ2v) is 6.46. The van der Waals surface area contributed by atoms with Crippen molar-refractivity contribution in [3.63, 3.8) is 0 Å². The van der Waals surface area contributed by atoms with E-state index < -0.39 is 0 Å². The highest BCUT2D eigenvalue weighted by molar-refractivity contribution is 9.10. The molecule has 0 radical (unpaired) electrons. The average Bonchev–Trinajstić information content (AvgIpc) is 2.69. The van der Waals surface area contributed by atoms with Crippen LogP contribution in [-0.2, 0) is 0 Å². The van der Waals surface area contributed by atoms with Crippen LogP contribution in [0.25, 0.3) is 33.5 Å².